The number of hydrogen-bond donors (Lipinski definition) is 0. The second-order valence-corrected chi connectivity index (χ2v) is 2.17. The molecule has 1 rings (SSSR count). The maximum absolute atomic E-state index is 9.78. The first kappa shape index (κ1) is 7.04. The van der Waals surface area contributed by atoms with Gasteiger partial charge in [-0.15, -0.1) is 17.3 Å². The summed E-state index contributed by atoms with van der Waals surface area (Å²) in [6.45, 7) is 0. The minimum absolute atomic E-state index is 0.341. The van der Waals surface area contributed by atoms with Crippen molar-refractivity contribution in [2.45, 2.75) is 5.38 Å². The molecule has 0 N–H and O–H groups in total. The molecule has 3 heteroatoms. The lowest BCUT2D eigenvalue weighted by molar-refractivity contribution is 0.564. The quantitative estimate of drug-likeness (QED) is 0.243. The number of rotatable bonds is 1. The molecule has 10 heavy (non-hydrogen) atoms. The number of halogens is 1. The molecular formula is C7H4ClNO. The second kappa shape index (κ2) is 3.19. The van der Waals surface area contributed by atoms with Crippen LogP contribution in [0.1, 0.15) is 0 Å². The Balaban J connectivity index is 2.90. The van der Waals surface area contributed by atoms with Crippen LogP contribution in [0.4, 0.5) is 0 Å². The van der Waals surface area contributed by atoms with Crippen molar-refractivity contribution >= 4 is 17.7 Å². The van der Waals surface area contributed by atoms with E-state index in [2.05, 4.69) is 10.7 Å². The molecule has 1 aliphatic carbocycles. The van der Waals surface area contributed by atoms with Crippen molar-refractivity contribution in [1.82, 2.24) is 0 Å². The van der Waals surface area contributed by atoms with E-state index in [1.54, 1.807) is 18.2 Å². The monoisotopic (exact) mass is 153 g/mol. The summed E-state index contributed by atoms with van der Waals surface area (Å²) in [4.78, 5) is 13.2. The lowest BCUT2D eigenvalue weighted by Gasteiger charge is -2.01. The Hall–Kier alpha value is -1.07. The van der Waals surface area contributed by atoms with E-state index in [1.807, 2.05) is 0 Å². The van der Waals surface area contributed by atoms with Crippen LogP contribution < -0.4 is 0 Å². The third-order valence-corrected chi connectivity index (χ3v) is 1.40. The molecule has 0 fully saturated rings. The van der Waals surface area contributed by atoms with Crippen molar-refractivity contribution < 1.29 is 4.79 Å². The standard InChI is InChI=1S/C7H4ClNO/c8-6-3-1-2-4-7(6)9-5-10/h2-4,6H. The zero-order valence-corrected chi connectivity index (χ0v) is 5.80. The SMILES string of the molecule is O=C=NC1=CC=C=CC1Cl. The van der Waals surface area contributed by atoms with E-state index in [9.17, 15) is 4.79 Å². The molecule has 0 aromatic heterocycles. The molecule has 0 aromatic carbocycles. The van der Waals surface area contributed by atoms with Crippen molar-refractivity contribution in [3.8, 4) is 0 Å². The van der Waals surface area contributed by atoms with Crippen molar-refractivity contribution in [1.29, 1.82) is 0 Å². The Labute approximate surface area is 63.2 Å². The number of isocyanates is 1. The van der Waals surface area contributed by atoms with Gasteiger partial charge in [0.1, 0.15) is 5.38 Å². The fraction of sp³-hybridized carbons (Fsp3) is 0.143. The topological polar surface area (TPSA) is 29.4 Å². The van der Waals surface area contributed by atoms with E-state index in [1.165, 1.54) is 6.08 Å². The minimum atomic E-state index is -0.341. The van der Waals surface area contributed by atoms with Crippen LogP contribution in [-0.4, -0.2) is 11.5 Å². The highest BCUT2D eigenvalue weighted by Gasteiger charge is 2.06. The average Bonchev–Trinajstić information content (AvgIpc) is 1.94. The molecule has 0 heterocycles. The van der Waals surface area contributed by atoms with Gasteiger partial charge in [-0.25, -0.2) is 4.79 Å². The molecule has 0 aliphatic heterocycles. The lowest BCUT2D eigenvalue weighted by atomic mass is 10.2. The van der Waals surface area contributed by atoms with Crippen LogP contribution >= 0.6 is 11.6 Å². The third kappa shape index (κ3) is 1.46. The normalized spacial score (nSPS) is 21.7. The molecule has 2 nitrogen and oxygen atoms in total. The van der Waals surface area contributed by atoms with E-state index in [4.69, 9.17) is 11.6 Å². The van der Waals surface area contributed by atoms with Crippen molar-refractivity contribution in [3.63, 3.8) is 0 Å². The number of hydrogen-bond acceptors (Lipinski definition) is 2. The summed E-state index contributed by atoms with van der Waals surface area (Å²) in [6.07, 6.45) is 6.32. The number of nitrogens with zero attached hydrogens (tertiary/aromatic N) is 1. The Morgan fingerprint density at radius 3 is 3.20 bits per heavy atom. The summed E-state index contributed by atoms with van der Waals surface area (Å²) in [6, 6.07) is 0. The van der Waals surface area contributed by atoms with Crippen LogP contribution in [0, 0.1) is 0 Å². The largest absolute Gasteiger partial charge is 0.240 e. The van der Waals surface area contributed by atoms with Gasteiger partial charge in [0.15, 0.2) is 0 Å². The summed E-state index contributed by atoms with van der Waals surface area (Å²) >= 11 is 5.68. The maximum Gasteiger partial charge on any atom is 0.240 e. The van der Waals surface area contributed by atoms with Gasteiger partial charge < -0.3 is 0 Å². The van der Waals surface area contributed by atoms with Crippen LogP contribution in [0.2, 0.25) is 0 Å². The van der Waals surface area contributed by atoms with Gasteiger partial charge in [-0.3, -0.25) is 0 Å². The number of carbonyl (C=O) groups excluding carboxylic acids is 1. The van der Waals surface area contributed by atoms with Gasteiger partial charge in [0.05, 0.1) is 5.70 Å². The molecule has 50 valence electrons. The maximum atomic E-state index is 9.78. The highest BCUT2D eigenvalue weighted by molar-refractivity contribution is 6.23. The predicted octanol–water partition coefficient (Wildman–Crippen LogP) is 1.54. The first-order valence-corrected chi connectivity index (χ1v) is 3.13. The van der Waals surface area contributed by atoms with E-state index in [-0.39, 0.29) is 5.38 Å². The van der Waals surface area contributed by atoms with E-state index in [0.717, 1.165) is 0 Å². The van der Waals surface area contributed by atoms with Gasteiger partial charge >= 0.3 is 0 Å². The first-order valence-electron chi connectivity index (χ1n) is 2.69. The van der Waals surface area contributed by atoms with E-state index < -0.39 is 0 Å². The minimum Gasteiger partial charge on any atom is -0.211 e. The molecule has 0 saturated heterocycles. The van der Waals surface area contributed by atoms with E-state index in [0.29, 0.717) is 5.70 Å². The Morgan fingerprint density at radius 1 is 1.80 bits per heavy atom. The Morgan fingerprint density at radius 2 is 2.60 bits per heavy atom. The molecule has 0 saturated carbocycles. The Bertz CT molecular complexity index is 267. The Kier molecular flexibility index (Phi) is 2.24. The van der Waals surface area contributed by atoms with Crippen molar-refractivity contribution in [2.24, 2.45) is 4.99 Å². The van der Waals surface area contributed by atoms with Gasteiger partial charge in [-0.1, -0.05) is 0 Å². The third-order valence-electron chi connectivity index (χ3n) is 1.05. The summed E-state index contributed by atoms with van der Waals surface area (Å²) < 4.78 is 0. The van der Waals surface area contributed by atoms with Crippen LogP contribution in [0.25, 0.3) is 0 Å². The number of allylic oxidation sites excluding steroid dienone is 2. The van der Waals surface area contributed by atoms with Crippen LogP contribution in [0.5, 0.6) is 0 Å². The molecular weight excluding hydrogens is 150 g/mol. The van der Waals surface area contributed by atoms with E-state index >= 15 is 0 Å². The van der Waals surface area contributed by atoms with Crippen LogP contribution in [-0.2, 0) is 4.79 Å². The predicted molar refractivity (Wildman–Crippen MR) is 38.5 cm³/mol. The fourth-order valence-electron chi connectivity index (χ4n) is 0.602. The second-order valence-electron chi connectivity index (χ2n) is 1.70. The van der Waals surface area contributed by atoms with Gasteiger partial charge in [0.2, 0.25) is 6.08 Å². The molecule has 0 aromatic rings. The molecule has 0 radical (unpaired) electrons. The molecule has 1 atom stereocenters. The zero-order chi connectivity index (χ0) is 7.40. The highest BCUT2D eigenvalue weighted by atomic mass is 35.5. The molecule has 0 amide bonds. The van der Waals surface area contributed by atoms with Gasteiger partial charge in [-0.2, -0.15) is 4.99 Å². The van der Waals surface area contributed by atoms with Gasteiger partial charge in [0.25, 0.3) is 0 Å². The number of alkyl halides is 1. The van der Waals surface area contributed by atoms with Crippen LogP contribution in [0.3, 0.4) is 0 Å². The lowest BCUT2D eigenvalue weighted by Crippen LogP contribution is -1.97. The molecule has 1 unspecified atom stereocenters. The zero-order valence-electron chi connectivity index (χ0n) is 5.04. The molecule has 1 aliphatic rings. The smallest absolute Gasteiger partial charge is 0.211 e. The summed E-state index contributed by atoms with van der Waals surface area (Å²) in [7, 11) is 0. The molecule has 0 spiro atoms. The summed E-state index contributed by atoms with van der Waals surface area (Å²) in [5.41, 5.74) is 3.28. The van der Waals surface area contributed by atoms with Gasteiger partial charge in [-0.05, 0) is 18.2 Å². The van der Waals surface area contributed by atoms with Crippen molar-refractivity contribution in [2.75, 3.05) is 0 Å². The van der Waals surface area contributed by atoms with Crippen molar-refractivity contribution in [3.05, 3.63) is 29.7 Å². The number of aliphatic imine (C=N–C) groups is 1. The summed E-state index contributed by atoms with van der Waals surface area (Å²) in [5.74, 6) is 0. The first-order chi connectivity index (χ1) is 4.84. The van der Waals surface area contributed by atoms with Crippen LogP contribution in [0.15, 0.2) is 34.6 Å². The molecule has 0 bridgehead atoms. The highest BCUT2D eigenvalue weighted by Crippen LogP contribution is 2.14. The summed E-state index contributed by atoms with van der Waals surface area (Å²) in [5, 5.41) is -0.341. The fourth-order valence-corrected chi connectivity index (χ4v) is 0.797. The van der Waals surface area contributed by atoms with Gasteiger partial charge in [0, 0.05) is 0 Å². The average molecular weight is 154 g/mol.